The van der Waals surface area contributed by atoms with Crippen molar-refractivity contribution in [3.8, 4) is 5.75 Å². The number of rotatable bonds is 20. The number of aliphatic hydroxyl groups is 1. The van der Waals surface area contributed by atoms with Crippen LogP contribution in [0.25, 0.3) is 0 Å². The second kappa shape index (κ2) is 19.5. The van der Waals surface area contributed by atoms with Gasteiger partial charge in [-0.3, -0.25) is 24.0 Å². The number of hydrogen-bond donors (Lipinski definition) is 7. The molecule has 0 spiro atoms. The fraction of sp³-hybridized carbons (Fsp3) is 0.645. The van der Waals surface area contributed by atoms with Crippen LogP contribution in [-0.4, -0.2) is 69.1 Å². The highest BCUT2D eigenvalue weighted by molar-refractivity contribution is 5.92. The first kappa shape index (κ1) is 37.4. The van der Waals surface area contributed by atoms with E-state index in [0.717, 1.165) is 0 Å². The molecule has 0 saturated carbocycles. The third-order valence-electron chi connectivity index (χ3n) is 7.20. The summed E-state index contributed by atoms with van der Waals surface area (Å²) in [6.07, 6.45) is 0.299. The minimum atomic E-state index is -1.20. The standard InChI is InChI=1S/C31H50N4O8/c1-6-11-22(33-31(43)29(20(5)7-2)35-26(38)14-10-15-28(40)41)30(42)34-23(16-19(3)4)25(37)17-27(39)32-18-21-12-8-9-13-24(21)36/h8-9,12-13,19-20,22-23,25,29,36-37H,6-7,10-11,14-18H2,1-5H3,(H,32,39)(H,33,43)(H,34,42)(H,35,38)(H,40,41)/t20-,22-,23-,25-,29-/m0/s1. The van der Waals surface area contributed by atoms with Crippen molar-refractivity contribution >= 4 is 29.6 Å². The molecule has 0 fully saturated rings. The molecule has 242 valence electrons. The van der Waals surface area contributed by atoms with Crippen molar-refractivity contribution in [3.63, 3.8) is 0 Å². The minimum absolute atomic E-state index is 0.0414. The first-order valence-electron chi connectivity index (χ1n) is 15.1. The van der Waals surface area contributed by atoms with Crippen LogP contribution in [0.2, 0.25) is 0 Å². The molecule has 12 nitrogen and oxygen atoms in total. The van der Waals surface area contributed by atoms with Gasteiger partial charge < -0.3 is 36.6 Å². The van der Waals surface area contributed by atoms with E-state index in [4.69, 9.17) is 5.11 Å². The molecule has 43 heavy (non-hydrogen) atoms. The van der Waals surface area contributed by atoms with Crippen molar-refractivity contribution in [3.05, 3.63) is 29.8 Å². The average molecular weight is 607 g/mol. The fourth-order valence-corrected chi connectivity index (χ4v) is 4.53. The molecule has 0 aromatic heterocycles. The van der Waals surface area contributed by atoms with Gasteiger partial charge in [0.25, 0.3) is 0 Å². The molecule has 0 aliphatic rings. The zero-order chi connectivity index (χ0) is 32.5. The van der Waals surface area contributed by atoms with Crippen LogP contribution in [-0.2, 0) is 30.5 Å². The van der Waals surface area contributed by atoms with Gasteiger partial charge in [0.15, 0.2) is 0 Å². The van der Waals surface area contributed by atoms with Gasteiger partial charge >= 0.3 is 5.97 Å². The lowest BCUT2D eigenvalue weighted by Gasteiger charge is -2.29. The maximum absolute atomic E-state index is 13.4. The van der Waals surface area contributed by atoms with Gasteiger partial charge in [-0.2, -0.15) is 0 Å². The lowest BCUT2D eigenvalue weighted by atomic mass is 9.95. The van der Waals surface area contributed by atoms with Crippen LogP contribution in [0, 0.1) is 11.8 Å². The monoisotopic (exact) mass is 606 g/mol. The van der Waals surface area contributed by atoms with Crippen molar-refractivity contribution in [1.29, 1.82) is 0 Å². The van der Waals surface area contributed by atoms with Gasteiger partial charge in [-0.15, -0.1) is 0 Å². The van der Waals surface area contributed by atoms with Crippen molar-refractivity contribution in [1.82, 2.24) is 21.3 Å². The van der Waals surface area contributed by atoms with Crippen molar-refractivity contribution in [2.45, 2.75) is 117 Å². The Morgan fingerprint density at radius 3 is 2.14 bits per heavy atom. The summed E-state index contributed by atoms with van der Waals surface area (Å²) in [6, 6.07) is 3.97. The summed E-state index contributed by atoms with van der Waals surface area (Å²) in [5.74, 6) is -3.07. The number of hydrogen-bond acceptors (Lipinski definition) is 7. The molecule has 4 amide bonds. The highest BCUT2D eigenvalue weighted by atomic mass is 16.4. The highest BCUT2D eigenvalue weighted by Gasteiger charge is 2.32. The number of benzene rings is 1. The predicted molar refractivity (Wildman–Crippen MR) is 162 cm³/mol. The summed E-state index contributed by atoms with van der Waals surface area (Å²) in [5, 5.41) is 40.6. The Balaban J connectivity index is 2.91. The second-order valence-corrected chi connectivity index (χ2v) is 11.4. The Bertz CT molecular complexity index is 1060. The molecule has 7 N–H and O–H groups in total. The van der Waals surface area contributed by atoms with Crippen LogP contribution in [0.4, 0.5) is 0 Å². The van der Waals surface area contributed by atoms with Crippen LogP contribution in [0.3, 0.4) is 0 Å². The summed E-state index contributed by atoms with van der Waals surface area (Å²) >= 11 is 0. The van der Waals surface area contributed by atoms with E-state index < -0.39 is 53.8 Å². The smallest absolute Gasteiger partial charge is 0.303 e. The number of para-hydroxylation sites is 1. The van der Waals surface area contributed by atoms with E-state index >= 15 is 0 Å². The quantitative estimate of drug-likeness (QED) is 0.117. The molecule has 0 saturated heterocycles. The maximum Gasteiger partial charge on any atom is 0.303 e. The number of phenolic OH excluding ortho intramolecular Hbond substituents is 1. The molecule has 0 aliphatic carbocycles. The molecular weight excluding hydrogens is 556 g/mol. The zero-order valence-electron chi connectivity index (χ0n) is 26.0. The Labute approximate surface area is 254 Å². The zero-order valence-corrected chi connectivity index (χ0v) is 26.0. The number of carboxylic acid groups (broad SMARTS) is 1. The Morgan fingerprint density at radius 2 is 1.56 bits per heavy atom. The fourth-order valence-electron chi connectivity index (χ4n) is 4.53. The van der Waals surface area contributed by atoms with Crippen LogP contribution >= 0.6 is 0 Å². The highest BCUT2D eigenvalue weighted by Crippen LogP contribution is 2.16. The lowest BCUT2D eigenvalue weighted by molar-refractivity contribution is -0.137. The number of aromatic hydroxyl groups is 1. The first-order chi connectivity index (χ1) is 20.3. The van der Waals surface area contributed by atoms with Crippen molar-refractivity contribution in [2.24, 2.45) is 11.8 Å². The summed E-state index contributed by atoms with van der Waals surface area (Å²) in [7, 11) is 0. The van der Waals surface area contributed by atoms with Gasteiger partial charge in [0, 0.05) is 24.9 Å². The van der Waals surface area contributed by atoms with Gasteiger partial charge in [-0.05, 0) is 37.2 Å². The van der Waals surface area contributed by atoms with Crippen molar-refractivity contribution < 1.29 is 39.3 Å². The minimum Gasteiger partial charge on any atom is -0.508 e. The Kier molecular flexibility index (Phi) is 16.9. The van der Waals surface area contributed by atoms with E-state index in [2.05, 4.69) is 21.3 Å². The van der Waals surface area contributed by atoms with E-state index in [0.29, 0.717) is 31.2 Å². The van der Waals surface area contributed by atoms with Crippen LogP contribution in [0.15, 0.2) is 24.3 Å². The first-order valence-corrected chi connectivity index (χ1v) is 15.1. The molecular formula is C31H50N4O8. The Hall–Kier alpha value is -3.67. The van der Waals surface area contributed by atoms with E-state index in [1.165, 1.54) is 6.07 Å². The lowest BCUT2D eigenvalue weighted by Crippen LogP contribution is -2.57. The van der Waals surface area contributed by atoms with Gasteiger partial charge in [-0.25, -0.2) is 0 Å². The molecule has 12 heteroatoms. The molecule has 0 aliphatic heterocycles. The van der Waals surface area contributed by atoms with Gasteiger partial charge in [0.1, 0.15) is 17.8 Å². The van der Waals surface area contributed by atoms with Crippen LogP contribution in [0.1, 0.15) is 91.5 Å². The number of carboxylic acids is 1. The van der Waals surface area contributed by atoms with Crippen LogP contribution < -0.4 is 21.3 Å². The van der Waals surface area contributed by atoms with Gasteiger partial charge in [0.05, 0.1) is 18.6 Å². The summed E-state index contributed by atoms with van der Waals surface area (Å²) in [5.41, 5.74) is 0.530. The SMILES string of the molecule is CCC[C@H](NC(=O)[C@@H](NC(=O)CCCC(=O)O)[C@@H](C)CC)C(=O)N[C@@H](CC(C)C)[C@@H](O)CC(=O)NCc1ccccc1O. The van der Waals surface area contributed by atoms with E-state index in [1.54, 1.807) is 25.1 Å². The number of carbonyl (C=O) groups is 5. The average Bonchev–Trinajstić information content (AvgIpc) is 2.93. The number of aliphatic carboxylic acids is 1. The molecule has 0 bridgehead atoms. The molecule has 1 aromatic carbocycles. The molecule has 1 aromatic rings. The number of carbonyl (C=O) groups excluding carboxylic acids is 4. The normalized spacial score (nSPS) is 14.6. The molecule has 0 unspecified atom stereocenters. The third-order valence-corrected chi connectivity index (χ3v) is 7.20. The van der Waals surface area contributed by atoms with Crippen molar-refractivity contribution in [2.75, 3.05) is 0 Å². The second-order valence-electron chi connectivity index (χ2n) is 11.4. The van der Waals surface area contributed by atoms with E-state index in [9.17, 15) is 34.2 Å². The topological polar surface area (TPSA) is 194 Å². The van der Waals surface area contributed by atoms with Gasteiger partial charge in [-0.1, -0.05) is 65.7 Å². The molecule has 0 heterocycles. The summed E-state index contributed by atoms with van der Waals surface area (Å²) < 4.78 is 0. The molecule has 0 radical (unpaired) electrons. The van der Waals surface area contributed by atoms with E-state index in [-0.39, 0.29) is 49.8 Å². The number of phenols is 1. The number of aliphatic hydroxyl groups excluding tert-OH is 1. The molecule has 5 atom stereocenters. The summed E-state index contributed by atoms with van der Waals surface area (Å²) in [6.45, 7) is 9.45. The van der Waals surface area contributed by atoms with Crippen LogP contribution in [0.5, 0.6) is 5.75 Å². The van der Waals surface area contributed by atoms with E-state index in [1.807, 2.05) is 27.7 Å². The number of amides is 4. The Morgan fingerprint density at radius 1 is 0.884 bits per heavy atom. The molecule has 1 rings (SSSR count). The summed E-state index contributed by atoms with van der Waals surface area (Å²) in [4.78, 5) is 62.4. The number of nitrogens with one attached hydrogen (secondary N) is 4. The largest absolute Gasteiger partial charge is 0.508 e. The van der Waals surface area contributed by atoms with Gasteiger partial charge in [0.2, 0.25) is 23.6 Å². The maximum atomic E-state index is 13.4. The predicted octanol–water partition coefficient (Wildman–Crippen LogP) is 2.36. The third kappa shape index (κ3) is 14.4.